The average Bonchev–Trinajstić information content (AvgIpc) is 0.796. The van der Waals surface area contributed by atoms with Gasteiger partial charge in [-0.2, -0.15) is 0 Å². The fraction of sp³-hybridized carbons (Fsp3) is 0.495. The van der Waals surface area contributed by atoms with Crippen molar-refractivity contribution < 1.29 is 231 Å². The molecule has 47 heteroatoms. The van der Waals surface area contributed by atoms with Crippen LogP contribution in [0.3, 0.4) is 0 Å². The van der Waals surface area contributed by atoms with Gasteiger partial charge in [0.25, 0.3) is 6.47 Å². The third kappa shape index (κ3) is 36.5. The molecule has 11 aliphatic heterocycles. The number of aryl methyl sites for hydroxylation is 5. The van der Waals surface area contributed by atoms with Crippen LogP contribution in [0.2, 0.25) is 0 Å². The van der Waals surface area contributed by atoms with Crippen molar-refractivity contribution in [2.45, 2.75) is 161 Å². The number of hydrogen-bond donors (Lipinski definition) is 6. The monoisotopic (exact) mass is 2350 g/mol. The van der Waals surface area contributed by atoms with Crippen molar-refractivity contribution in [1.82, 2.24) is 49.9 Å². The van der Waals surface area contributed by atoms with Crippen LogP contribution in [0.4, 0.5) is 28.4 Å². The number of aliphatic hydroxyl groups is 1. The smallest absolute Gasteiger partial charge is 1.00 e. The molecule has 5 atom stereocenters. The van der Waals surface area contributed by atoms with Crippen molar-refractivity contribution in [2.24, 2.45) is 0 Å². The molecule has 750 valence electrons. The first kappa shape index (κ1) is 127. The van der Waals surface area contributed by atoms with Gasteiger partial charge in [0.1, 0.15) is 30.2 Å². The van der Waals surface area contributed by atoms with E-state index in [2.05, 4.69) is 144 Å². The Morgan fingerprint density at radius 1 is 0.457 bits per heavy atom. The molecule has 5 unspecified atom stereocenters. The number of carboxylic acid groups (broad SMARTS) is 2. The minimum absolute atomic E-state index is 0. The number of aliphatic carboxylic acids is 1. The molecule has 7 N–H and O–H groups in total. The number of benzene rings is 5. The zero-order chi connectivity index (χ0) is 99.9. The molecule has 0 saturated carbocycles. The van der Waals surface area contributed by atoms with E-state index in [0.717, 1.165) is 229 Å². The molecule has 5 aromatic carbocycles. The van der Waals surface area contributed by atoms with Crippen molar-refractivity contribution in [3.8, 4) is 0 Å². The van der Waals surface area contributed by atoms with Gasteiger partial charge in [0.05, 0.1) is 14.2 Å². The van der Waals surface area contributed by atoms with Crippen LogP contribution in [0.5, 0.6) is 0 Å². The number of piperazine rings is 3. The number of carboxylic acids is 2. The summed E-state index contributed by atoms with van der Waals surface area (Å²) in [5, 5.41) is 44.0. The number of carbonyl (C=O) groups is 14. The van der Waals surface area contributed by atoms with E-state index < -0.39 is 30.1 Å². The number of ether oxygens (including phenoxy) is 2. The Bertz CT molecular complexity index is 5180. The molecule has 0 spiro atoms. The van der Waals surface area contributed by atoms with Gasteiger partial charge in [-0.25, -0.2) is 24.2 Å². The number of amides is 8. The number of esters is 2. The number of thiazole rings is 1. The van der Waals surface area contributed by atoms with Crippen molar-refractivity contribution in [3.63, 3.8) is 0 Å². The van der Waals surface area contributed by atoms with Gasteiger partial charge in [0.15, 0.2) is 0 Å². The van der Waals surface area contributed by atoms with E-state index in [-0.39, 0.29) is 217 Å². The molecule has 140 heavy (non-hydrogen) atoms. The number of anilines is 5. The minimum atomic E-state index is -0.958. The van der Waals surface area contributed by atoms with E-state index in [0.29, 0.717) is 63.0 Å². The fourth-order valence-electron chi connectivity index (χ4n) is 17.6. The second kappa shape index (κ2) is 63.3. The zero-order valence-electron chi connectivity index (χ0n) is 82.0. The van der Waals surface area contributed by atoms with Gasteiger partial charge in [0.2, 0.25) is 57.5 Å². The third-order valence-corrected chi connectivity index (χ3v) is 27.7. The Balaban J connectivity index is 0.000000424. The van der Waals surface area contributed by atoms with Crippen molar-refractivity contribution in [1.29, 1.82) is 0 Å². The van der Waals surface area contributed by atoms with E-state index in [1.54, 1.807) is 42.0 Å². The maximum atomic E-state index is 13.2. The van der Waals surface area contributed by atoms with Crippen molar-refractivity contribution in [3.05, 3.63) is 158 Å². The number of methoxy groups -OCH3 is 2. The number of carbonyl (C=O) groups excluding carboxylic acids is 12. The Kier molecular flexibility index (Phi) is 57.3. The second-order valence-corrected chi connectivity index (χ2v) is 39.1. The number of nitrogens with one attached hydrogen (secondary N) is 3. The fourth-order valence-corrected chi connectivity index (χ4v) is 20.1. The second-order valence-electron chi connectivity index (χ2n) is 33.1. The summed E-state index contributed by atoms with van der Waals surface area (Å²) in [6.45, 7) is 26.9. The van der Waals surface area contributed by atoms with Crippen LogP contribution < -0.4 is 162 Å². The van der Waals surface area contributed by atoms with E-state index in [1.807, 2.05) is 92.4 Å². The number of hydrogen-bond acceptors (Lipinski definition) is 28. The van der Waals surface area contributed by atoms with Gasteiger partial charge >= 0.3 is 146 Å². The summed E-state index contributed by atoms with van der Waals surface area (Å²) in [7, 11) is 3.76. The van der Waals surface area contributed by atoms with Gasteiger partial charge in [0, 0.05) is 254 Å². The molecule has 0 bridgehead atoms. The van der Waals surface area contributed by atoms with Crippen LogP contribution in [0.25, 0.3) is 0 Å². The molecule has 1 aromatic heterocycles. The molecule has 12 heterocycles. The molecular weight excluding hydrogens is 2230 g/mol. The predicted molar refractivity (Wildman–Crippen MR) is 533 cm³/mol. The minimum Gasteiger partial charge on any atom is -1.00 e. The van der Waals surface area contributed by atoms with E-state index >= 15 is 0 Å². The number of aromatic carboxylic acids is 1. The number of halogens is 6. The number of aliphatic hydroxyl groups excluding tert-OH is 1. The maximum absolute atomic E-state index is 13.2. The van der Waals surface area contributed by atoms with Crippen LogP contribution >= 0.6 is 103 Å². The van der Waals surface area contributed by atoms with Crippen LogP contribution in [0.15, 0.2) is 125 Å². The van der Waals surface area contributed by atoms with Gasteiger partial charge in [-0.3, -0.25) is 82.2 Å². The van der Waals surface area contributed by atoms with Gasteiger partial charge in [-0.1, -0.05) is 79.6 Å². The summed E-state index contributed by atoms with van der Waals surface area (Å²) in [5.74, 6) is -2.51. The molecule has 6 saturated heterocycles. The number of nitrogens with zero attached hydrogens (tertiary/aromatic N) is 12. The Labute approximate surface area is 965 Å². The molecule has 37 nitrogen and oxygen atoms in total. The predicted octanol–water partition coefficient (Wildman–Crippen LogP) is -0.709. The van der Waals surface area contributed by atoms with Crippen LogP contribution in [-0.2, 0) is 109 Å². The molecule has 0 radical (unpaired) electrons. The summed E-state index contributed by atoms with van der Waals surface area (Å²) >= 11 is 22.9. The zero-order valence-corrected chi connectivity index (χ0v) is 96.7. The first-order valence-electron chi connectivity index (χ1n) is 44.3. The van der Waals surface area contributed by atoms with Crippen LogP contribution in [0, 0.1) is 0 Å². The van der Waals surface area contributed by atoms with Crippen molar-refractivity contribution in [2.75, 3.05) is 164 Å². The summed E-state index contributed by atoms with van der Waals surface area (Å²) in [6, 6.07) is 28.4. The molecular formula is C93H120Br5ClK2LiN15O22S. The first-order chi connectivity index (χ1) is 64.9. The molecule has 0 aliphatic carbocycles. The first-order valence-corrected chi connectivity index (χ1v) is 49.5. The molecule has 17 rings (SSSR count). The molecule has 6 aromatic rings. The number of aromatic nitrogens is 1. The molecule has 8 amide bonds. The summed E-state index contributed by atoms with van der Waals surface area (Å²) in [6.07, 6.45) is 8.61. The quantitative estimate of drug-likeness (QED) is 0.0246. The van der Waals surface area contributed by atoms with Crippen LogP contribution in [-0.4, -0.2) is 330 Å². The molecule has 11 aliphatic rings. The number of likely N-dealkylation sites (tertiary alicyclic amines) is 2. The average molecular weight is 2350 g/mol. The summed E-state index contributed by atoms with van der Waals surface area (Å²) < 4.78 is 14.5. The van der Waals surface area contributed by atoms with Crippen molar-refractivity contribution >= 4 is 214 Å². The largest absolute Gasteiger partial charge is 1.00 e. The van der Waals surface area contributed by atoms with Gasteiger partial charge in [-0.05, 0) is 195 Å². The standard InChI is InChI=1S/C21H27BrN4O3.C19H25BrN4O2.C13H14BrNO3.C12H12BrNO3.C11H12BrNO2.C9H17N3O.C4H3NO2S.C2H3ClO.CH2O3.CH4O.2K.Li.H2O.H/c1-14(27)23-7-9-24(10-8-23)18-12-25(13-18)21(29)20-5-3-16-11-17(22)4-6-19(16)26(20)15(2)28;1-13(25)24-17-5-3-15(20)10-14(17)2-4-18(24)19(26)23-11-16(12-23)22-8-6-21-7-9-22;1-8(16)15-11-6-4-10(14)7-9(11)3-5-12(15)13(17)18-2;1-7(15)14-10-5-3-9(13)6-8(10)2-4-11(14)12(16)17;1-15-11(14)10-4-2-7-6-8(12)3-5-9(7)13-10;1-8(13)11-2-4-12(5-3-11)9-6-10-7-9;6-4(7)3-5-1-2-8-3;1-2(3)4;2-1-4-3;1-2;;;;;/h4,6,11,18,20H,3,5,7-10,12-13H2,1-2H3;3,5,10,16,18,21H,2,4,6-9,11-12H2,1H3;4,6-7,12H,3,5H2,1-2H3;3,5-6,11H,2,4H2,1H3,(H,16,17);3,5-6,10,13H,2,4H2,1H3;9-10H,2-7H2,1H3;1-2H,(H,6,7);1H3;1,3H;2H,1H3;;;;1H2;/q;;;;;;;;;;3*+1;;-1/p-2. The number of fused-ring (bicyclic) bond motifs is 5. The maximum Gasteiger partial charge on any atom is 1.00 e. The normalized spacial score (nSPS) is 19.1. The van der Waals surface area contributed by atoms with E-state index in [4.69, 9.17) is 34.8 Å². The van der Waals surface area contributed by atoms with E-state index in [1.165, 1.54) is 63.5 Å². The summed E-state index contributed by atoms with van der Waals surface area (Å²) in [4.78, 5) is 186. The Morgan fingerprint density at radius 3 is 1.09 bits per heavy atom. The molecule has 6 fully saturated rings. The Morgan fingerprint density at radius 2 is 0.779 bits per heavy atom. The topological polar surface area (TPSA) is 465 Å². The summed E-state index contributed by atoms with van der Waals surface area (Å²) in [5.41, 5.74) is 9.81. The number of rotatable bonds is 10. The third-order valence-electron chi connectivity index (χ3n) is 24.5. The SMILES string of the molecule is CC(=O)Cl.CC(=O)N1CCN(C2CN(C(=O)C3CCc4cc(Br)ccc4N3C(C)=O)C2)CC1.CC(=O)N1CCN(C2CNC2)CC1.CC(=O)N1c2ccc(Br)cc2CCC1C(=O)N1CC(N2CCNCC2)C1.CC(=O)N1c2ccc(Br)cc2CCC1C(=O)O.CO.COC(=O)C1CCc2cc(Br)ccc2N1.COC(=O)C1CCc2cc(Br)ccc2N1C(C)=O.O=C(O)c1nccs1.O=CO[O-].[H-].[K+].[K+].[Li+].[OH-]. The van der Waals surface area contributed by atoms with Crippen LogP contribution in [0.1, 0.15) is 120 Å². The van der Waals surface area contributed by atoms with Gasteiger partial charge in [-0.15, -0.1) is 11.3 Å². The van der Waals surface area contributed by atoms with E-state index in [9.17, 15) is 62.3 Å². The Hall–Kier alpha value is -5.45. The van der Waals surface area contributed by atoms with Gasteiger partial charge < -0.3 is 77.4 Å².